The normalized spacial score (nSPS) is 35.3. The second-order valence-electron chi connectivity index (χ2n) is 13.4. The molecule has 3 saturated carbocycles. The largest absolute Gasteiger partial charge is 0.338 e. The molecule has 5 aliphatic rings. The Kier molecular flexibility index (Phi) is 7.10. The molecule has 2 heterocycles. The van der Waals surface area contributed by atoms with Crippen molar-refractivity contribution < 1.29 is 0 Å². The zero-order valence-electron chi connectivity index (χ0n) is 21.5. The first kappa shape index (κ1) is 23.0. The predicted octanol–water partition coefficient (Wildman–Crippen LogP) is 7.11. The lowest BCUT2D eigenvalue weighted by molar-refractivity contribution is 0.130. The van der Waals surface area contributed by atoms with Gasteiger partial charge in [0, 0.05) is 19.1 Å². The second-order valence-corrected chi connectivity index (χ2v) is 13.4. The molecule has 0 unspecified atom stereocenters. The minimum absolute atomic E-state index is 0.488. The van der Waals surface area contributed by atoms with Crippen molar-refractivity contribution in [2.24, 2.45) is 34.1 Å². The van der Waals surface area contributed by atoms with Crippen molar-refractivity contribution in [1.82, 2.24) is 9.80 Å². The summed E-state index contributed by atoms with van der Waals surface area (Å²) in [5, 5.41) is 0. The maximum Gasteiger partial charge on any atom is 0.197 e. The van der Waals surface area contributed by atoms with Crippen molar-refractivity contribution >= 4 is 5.96 Å². The first-order valence-electron chi connectivity index (χ1n) is 14.6. The summed E-state index contributed by atoms with van der Waals surface area (Å²) in [6, 6.07) is 1.46. The molecule has 0 amide bonds. The monoisotopic (exact) mass is 441 g/mol. The number of hydrogen-bond acceptors (Lipinski definition) is 3. The van der Waals surface area contributed by atoms with Gasteiger partial charge in [-0.1, -0.05) is 72.1 Å². The van der Waals surface area contributed by atoms with Crippen LogP contribution in [-0.2, 0) is 0 Å². The molecule has 5 rings (SSSR count). The fourth-order valence-electron chi connectivity index (χ4n) is 8.13. The van der Waals surface area contributed by atoms with Gasteiger partial charge in [-0.15, -0.1) is 0 Å². The van der Waals surface area contributed by atoms with Gasteiger partial charge in [0.1, 0.15) is 0 Å². The van der Waals surface area contributed by atoms with E-state index in [1.807, 2.05) is 0 Å². The number of rotatable bonds is 5. The van der Waals surface area contributed by atoms with Gasteiger partial charge in [-0.25, -0.2) is 0 Å². The molecule has 3 aliphatic carbocycles. The molecule has 0 aromatic carbocycles. The number of hydrogen-bond donors (Lipinski definition) is 0. The van der Waals surface area contributed by atoms with E-state index in [4.69, 9.17) is 4.99 Å². The lowest BCUT2D eigenvalue weighted by Crippen LogP contribution is -2.42. The van der Waals surface area contributed by atoms with E-state index in [1.54, 1.807) is 0 Å². The van der Waals surface area contributed by atoms with Crippen LogP contribution in [0.25, 0.3) is 0 Å². The molecule has 4 fully saturated rings. The molecule has 182 valence electrons. The highest BCUT2D eigenvalue weighted by atomic mass is 15.5. The summed E-state index contributed by atoms with van der Waals surface area (Å²) in [5.41, 5.74) is 0.488. The van der Waals surface area contributed by atoms with Crippen molar-refractivity contribution in [2.45, 2.75) is 129 Å². The van der Waals surface area contributed by atoms with Crippen LogP contribution < -0.4 is 0 Å². The van der Waals surface area contributed by atoms with Gasteiger partial charge in [-0.05, 0) is 74.0 Å². The highest BCUT2D eigenvalue weighted by molar-refractivity contribution is 5.84. The van der Waals surface area contributed by atoms with Gasteiger partial charge >= 0.3 is 0 Å². The quantitative estimate of drug-likeness (QED) is 0.452. The van der Waals surface area contributed by atoms with E-state index in [9.17, 15) is 0 Å². The summed E-state index contributed by atoms with van der Waals surface area (Å²) in [7, 11) is 0. The van der Waals surface area contributed by atoms with Crippen molar-refractivity contribution in [3.8, 4) is 0 Å². The van der Waals surface area contributed by atoms with Gasteiger partial charge in [-0.3, -0.25) is 4.99 Å². The molecular formula is C29H51N3. The Morgan fingerprint density at radius 1 is 0.781 bits per heavy atom. The Morgan fingerprint density at radius 3 is 2.09 bits per heavy atom. The third-order valence-corrected chi connectivity index (χ3v) is 10.2. The summed E-state index contributed by atoms with van der Waals surface area (Å²) in [6.07, 6.45) is 21.9. The molecule has 0 spiro atoms. The second kappa shape index (κ2) is 9.87. The minimum atomic E-state index is 0.488. The lowest BCUT2D eigenvalue weighted by Gasteiger charge is -2.39. The third-order valence-electron chi connectivity index (χ3n) is 10.2. The smallest absolute Gasteiger partial charge is 0.197 e. The molecule has 0 aromatic heterocycles. The van der Waals surface area contributed by atoms with E-state index in [-0.39, 0.29) is 0 Å². The Morgan fingerprint density at radius 2 is 1.44 bits per heavy atom. The van der Waals surface area contributed by atoms with E-state index < -0.39 is 0 Å². The Balaban J connectivity index is 1.26. The number of fused-ring (bicyclic) bond motifs is 1. The summed E-state index contributed by atoms with van der Waals surface area (Å²) in [4.78, 5) is 11.0. The average Bonchev–Trinajstić information content (AvgIpc) is 3.35. The van der Waals surface area contributed by atoms with Crippen LogP contribution in [0.5, 0.6) is 0 Å². The van der Waals surface area contributed by atoms with Gasteiger partial charge in [0.2, 0.25) is 0 Å². The van der Waals surface area contributed by atoms with Crippen LogP contribution in [0.1, 0.15) is 117 Å². The minimum Gasteiger partial charge on any atom is -0.338 e. The summed E-state index contributed by atoms with van der Waals surface area (Å²) >= 11 is 0. The van der Waals surface area contributed by atoms with Crippen LogP contribution >= 0.6 is 0 Å². The van der Waals surface area contributed by atoms with Crippen molar-refractivity contribution in [1.29, 1.82) is 0 Å². The fourth-order valence-corrected chi connectivity index (χ4v) is 8.13. The van der Waals surface area contributed by atoms with Crippen LogP contribution in [0.4, 0.5) is 0 Å². The first-order chi connectivity index (χ1) is 15.5. The Labute approximate surface area is 198 Å². The Bertz CT molecular complexity index is 629. The first-order valence-corrected chi connectivity index (χ1v) is 14.6. The number of guanidine groups is 1. The highest BCUT2D eigenvalue weighted by Crippen LogP contribution is 2.42. The molecule has 0 aromatic rings. The highest BCUT2D eigenvalue weighted by Gasteiger charge is 2.46. The van der Waals surface area contributed by atoms with Crippen LogP contribution in [0.15, 0.2) is 4.99 Å². The maximum atomic E-state index is 5.27. The maximum absolute atomic E-state index is 5.27. The van der Waals surface area contributed by atoms with Gasteiger partial charge < -0.3 is 9.80 Å². The van der Waals surface area contributed by atoms with E-state index in [1.165, 1.54) is 115 Å². The van der Waals surface area contributed by atoms with Crippen LogP contribution in [0.2, 0.25) is 0 Å². The average molecular weight is 442 g/mol. The molecule has 3 heteroatoms. The molecule has 3 nitrogen and oxygen atoms in total. The van der Waals surface area contributed by atoms with Crippen LogP contribution in [-0.4, -0.2) is 47.5 Å². The van der Waals surface area contributed by atoms with E-state index in [0.717, 1.165) is 42.3 Å². The van der Waals surface area contributed by atoms with Gasteiger partial charge in [-0.2, -0.15) is 0 Å². The summed E-state index contributed by atoms with van der Waals surface area (Å²) in [5.74, 6) is 5.12. The molecular weight excluding hydrogens is 390 g/mol. The molecule has 1 saturated heterocycles. The van der Waals surface area contributed by atoms with E-state index in [2.05, 4.69) is 30.6 Å². The van der Waals surface area contributed by atoms with E-state index >= 15 is 0 Å². The lowest BCUT2D eigenvalue weighted by atomic mass is 9.70. The van der Waals surface area contributed by atoms with Crippen molar-refractivity contribution in [2.75, 3.05) is 19.6 Å². The van der Waals surface area contributed by atoms with E-state index in [0.29, 0.717) is 5.41 Å². The zero-order valence-corrected chi connectivity index (χ0v) is 21.5. The van der Waals surface area contributed by atoms with Gasteiger partial charge in [0.15, 0.2) is 5.96 Å². The third kappa shape index (κ3) is 5.02. The summed E-state index contributed by atoms with van der Waals surface area (Å²) < 4.78 is 0. The molecule has 0 N–H and O–H groups in total. The SMILES string of the molecule is CC(C)(C)C1CCC(CN2C3=NC[C@H](C4CCCCC4)N3C[C@@H]2CC2CCCCC2)CC1. The molecule has 0 radical (unpaired) electrons. The van der Waals surface area contributed by atoms with Crippen molar-refractivity contribution in [3.63, 3.8) is 0 Å². The number of aliphatic imine (C=N–C) groups is 1. The van der Waals surface area contributed by atoms with Crippen molar-refractivity contribution in [3.05, 3.63) is 0 Å². The molecule has 2 aliphatic heterocycles. The topological polar surface area (TPSA) is 18.8 Å². The number of nitrogens with zero attached hydrogens (tertiary/aromatic N) is 3. The fraction of sp³-hybridized carbons (Fsp3) is 0.966. The zero-order chi connectivity index (χ0) is 22.1. The molecule has 32 heavy (non-hydrogen) atoms. The standard InChI is InChI=1S/C29H51N3/c1-29(2,3)25-16-14-23(15-17-25)20-31-26(18-22-10-6-4-7-11-22)21-32-27(19-30-28(31)32)24-12-8-5-9-13-24/h22-27H,4-21H2,1-3H3/t23?,25?,26-,27+/m0/s1. The predicted molar refractivity (Wildman–Crippen MR) is 136 cm³/mol. The molecule has 2 atom stereocenters. The van der Waals surface area contributed by atoms with Crippen LogP contribution in [0.3, 0.4) is 0 Å². The Hall–Kier alpha value is -0.730. The van der Waals surface area contributed by atoms with Gasteiger partial charge in [0.25, 0.3) is 0 Å². The summed E-state index contributed by atoms with van der Waals surface area (Å²) in [6.45, 7) is 11.0. The van der Waals surface area contributed by atoms with Crippen LogP contribution in [0, 0.1) is 29.1 Å². The van der Waals surface area contributed by atoms with Gasteiger partial charge in [0.05, 0.1) is 12.6 Å². The molecule has 0 bridgehead atoms.